The van der Waals surface area contributed by atoms with Crippen molar-refractivity contribution in [2.24, 2.45) is 0 Å². The Labute approximate surface area is 720 Å². The summed E-state index contributed by atoms with van der Waals surface area (Å²) in [5, 5.41) is 8.31. The standard InChI is InChI=1S/C22H31O2S.C20H29O2S.C20H29OS2.C20H29S3.C19H27S/c1-5-24-21(23)15-16-13-19-7-6-8-20(14-16)25(19)18-11-9-17(10-12-18)22(2,3)4;3*1-19(2,3)15-7-9-16(10-8-15)23-17-5-4-6-18(23)14-20(13-17)21-11-12-22-20;1-14-12-17-6-5-7-18(13-14)20(17)16-10-8-15(9-11-16)19(2,3)4/h9-12,15,19-20H,5-8,13-14H2,1-4H3;3*7-10,17-18H,4-6,11-14H2,1-3H3;8-11,17-18H,1,5-7,12-13H2,2-4H3/q5*+1. The van der Waals surface area contributed by atoms with Crippen molar-refractivity contribution in [3.63, 3.8) is 0 Å². The first kappa shape index (κ1) is 88.1. The van der Waals surface area contributed by atoms with Gasteiger partial charge in [-0.3, -0.25) is 0 Å². The van der Waals surface area contributed by atoms with Gasteiger partial charge in [0, 0.05) is 142 Å². The predicted octanol–water partition coefficient (Wildman–Crippen LogP) is 25.8. The van der Waals surface area contributed by atoms with Crippen molar-refractivity contribution in [1.29, 1.82) is 0 Å². The van der Waals surface area contributed by atoms with Crippen LogP contribution in [0.3, 0.4) is 0 Å². The zero-order chi connectivity index (χ0) is 80.6. The fourth-order valence-electron chi connectivity index (χ4n) is 21.3. The van der Waals surface area contributed by atoms with Gasteiger partial charge in [-0.25, -0.2) is 4.79 Å². The second-order valence-corrected chi connectivity index (χ2v) is 58.2. The van der Waals surface area contributed by atoms with Gasteiger partial charge < -0.3 is 18.9 Å². The van der Waals surface area contributed by atoms with Gasteiger partial charge in [-0.15, -0.1) is 35.3 Å². The van der Waals surface area contributed by atoms with Crippen molar-refractivity contribution in [2.75, 3.05) is 43.7 Å². The summed E-state index contributed by atoms with van der Waals surface area (Å²) in [5.41, 5.74) is 11.3. The number of thioether (sulfide) groups is 3. The SMILES string of the molecule is C=C1CC2CCCC(C1)[S+]2c1ccc(C(C)(C)C)cc1.CC(C)(C)c1ccc([S+]2C3CCCC2CC2(C3)OCCO2)cc1.CC(C)(C)c1ccc([S+]2C3CCCC2CC2(C3)OCCS2)cc1.CC(C)(C)c1ccc([S+]2C3CCCC2CC2(C3)SCCS2)cc1.CCOC(=O)C=C1CC2CCCC(C1)[S+]2c1ccc(C(C)(C)C)cc1. The molecule has 13 fully saturated rings. The molecule has 622 valence electrons. The molecule has 10 unspecified atom stereocenters. The Morgan fingerprint density at radius 2 is 0.658 bits per heavy atom. The molecule has 0 aromatic heterocycles. The lowest BCUT2D eigenvalue weighted by Crippen LogP contribution is -2.52. The summed E-state index contributed by atoms with van der Waals surface area (Å²) < 4.78 is 24.0. The van der Waals surface area contributed by atoms with Crippen LogP contribution in [0.5, 0.6) is 0 Å². The predicted molar refractivity (Wildman–Crippen MR) is 504 cm³/mol. The van der Waals surface area contributed by atoms with E-state index in [1.54, 1.807) is 25.7 Å². The molecule has 5 nitrogen and oxygen atoms in total. The van der Waals surface area contributed by atoms with Gasteiger partial charge in [0.05, 0.1) is 30.5 Å². The number of carbonyl (C=O) groups excluding carboxylic acids is 1. The highest BCUT2D eigenvalue weighted by molar-refractivity contribution is 8.21. The maximum atomic E-state index is 11.8. The molecule has 0 radical (unpaired) electrons. The lowest BCUT2D eigenvalue weighted by molar-refractivity contribution is -0.171. The summed E-state index contributed by atoms with van der Waals surface area (Å²) in [5.74, 6) is 3.58. The Balaban J connectivity index is 0.000000118. The molecule has 0 N–H and O–H groups in total. The minimum Gasteiger partial charge on any atom is -0.463 e. The molecule has 10 atom stereocenters. The first-order chi connectivity index (χ1) is 54.2. The third-order valence-electron chi connectivity index (χ3n) is 27.1. The average molecular weight is 1700 g/mol. The molecule has 0 aliphatic carbocycles. The molecule has 13 heterocycles. The summed E-state index contributed by atoms with van der Waals surface area (Å²) in [6.45, 7) is 43.6. The van der Waals surface area contributed by atoms with Crippen molar-refractivity contribution < 1.29 is 23.7 Å². The third-order valence-corrected chi connectivity index (χ3v) is 47.2. The average Bonchev–Trinajstić information content (AvgIpc) is 1.44. The molecule has 114 heavy (non-hydrogen) atoms. The Morgan fingerprint density at radius 3 is 0.947 bits per heavy atom. The number of rotatable bonds is 7. The van der Waals surface area contributed by atoms with Crippen molar-refractivity contribution in [3.8, 4) is 0 Å². The molecule has 5 aromatic rings. The van der Waals surface area contributed by atoms with Gasteiger partial charge in [0.1, 0.15) is 57.4 Å². The Kier molecular flexibility index (Phi) is 28.6. The zero-order valence-corrected chi connectivity index (χ0v) is 79.6. The highest BCUT2D eigenvalue weighted by Gasteiger charge is 2.61. The van der Waals surface area contributed by atoms with Crippen LogP contribution >= 0.6 is 35.3 Å². The summed E-state index contributed by atoms with van der Waals surface area (Å²) in [4.78, 5) is 20.0. The maximum absolute atomic E-state index is 11.8. The molecular weight excluding hydrogens is 1550 g/mol. The van der Waals surface area contributed by atoms with Crippen LogP contribution in [0.1, 0.15) is 299 Å². The molecule has 13 saturated heterocycles. The van der Waals surface area contributed by atoms with Gasteiger partial charge in [0.15, 0.2) is 30.3 Å². The second kappa shape index (κ2) is 37.0. The monoisotopic (exact) mass is 1690 g/mol. The number of hydrogen-bond donors (Lipinski definition) is 0. The van der Waals surface area contributed by atoms with Gasteiger partial charge in [0.2, 0.25) is 0 Å². The van der Waals surface area contributed by atoms with E-state index in [2.05, 4.69) is 267 Å². The number of benzene rings is 5. The highest BCUT2D eigenvalue weighted by Crippen LogP contribution is 2.59. The number of esters is 1. The van der Waals surface area contributed by atoms with Gasteiger partial charge in [-0.1, -0.05) is 182 Å². The van der Waals surface area contributed by atoms with Gasteiger partial charge in [-0.2, -0.15) is 0 Å². The van der Waals surface area contributed by atoms with E-state index < -0.39 is 0 Å². The van der Waals surface area contributed by atoms with E-state index in [1.807, 2.05) is 6.92 Å². The normalized spacial score (nSPS) is 31.9. The first-order valence-corrected chi connectivity index (χ1v) is 54.4. The van der Waals surface area contributed by atoms with E-state index in [-0.39, 0.29) is 43.8 Å². The molecule has 3 spiro atoms. The van der Waals surface area contributed by atoms with Crippen molar-refractivity contribution in [3.05, 3.63) is 173 Å². The smallest absolute Gasteiger partial charge is 0.330 e. The lowest BCUT2D eigenvalue weighted by atomic mass is 9.87. The molecule has 13 aliphatic heterocycles. The summed E-state index contributed by atoms with van der Waals surface area (Å²) in [6, 6.07) is 47.9. The molecule has 0 saturated carbocycles. The number of fused-ring (bicyclic) bond motifs is 10. The van der Waals surface area contributed by atoms with Crippen LogP contribution in [0.25, 0.3) is 0 Å². The van der Waals surface area contributed by atoms with Gasteiger partial charge >= 0.3 is 5.97 Å². The minimum absolute atomic E-state index is 0.160. The minimum atomic E-state index is -0.232. The molecular formula is C101H145O5S8+5. The van der Waals surface area contributed by atoms with Crippen LogP contribution in [0, 0.1) is 0 Å². The van der Waals surface area contributed by atoms with E-state index in [1.165, 1.54) is 196 Å². The lowest BCUT2D eigenvalue weighted by Gasteiger charge is -2.43. The van der Waals surface area contributed by atoms with E-state index in [0.717, 1.165) is 87.5 Å². The van der Waals surface area contributed by atoms with E-state index in [9.17, 15) is 4.79 Å². The number of ether oxygens (including phenoxy) is 4. The van der Waals surface area contributed by atoms with Crippen LogP contribution in [0.15, 0.2) is 170 Å². The topological polar surface area (TPSA) is 54.0 Å². The zero-order valence-electron chi connectivity index (χ0n) is 73.0. The Hall–Kier alpha value is -2.27. The van der Waals surface area contributed by atoms with Crippen LogP contribution < -0.4 is 0 Å². The maximum Gasteiger partial charge on any atom is 0.330 e. The van der Waals surface area contributed by atoms with E-state index in [0.29, 0.717) is 75.7 Å². The molecule has 5 aromatic carbocycles. The number of carbonyl (C=O) groups is 1. The molecule has 0 amide bonds. The van der Waals surface area contributed by atoms with Crippen molar-refractivity contribution in [1.82, 2.24) is 0 Å². The molecule has 13 heteroatoms. The second-order valence-electron chi connectivity index (χ2n) is 40.8. The van der Waals surface area contributed by atoms with Crippen LogP contribution in [0.4, 0.5) is 0 Å². The van der Waals surface area contributed by atoms with Crippen molar-refractivity contribution in [2.45, 2.75) is 390 Å². The quantitative estimate of drug-likeness (QED) is 0.0692. The summed E-state index contributed by atoms with van der Waals surface area (Å²) in [6.07, 6.45) is 35.1. The summed E-state index contributed by atoms with van der Waals surface area (Å²) >= 11 is 6.69. The van der Waals surface area contributed by atoms with E-state index in [4.69, 9.17) is 18.9 Å². The van der Waals surface area contributed by atoms with Gasteiger partial charge in [-0.05, 0) is 219 Å². The van der Waals surface area contributed by atoms with E-state index >= 15 is 0 Å². The molecule has 13 aliphatic rings. The van der Waals surface area contributed by atoms with Crippen LogP contribution in [0.2, 0.25) is 0 Å². The highest BCUT2D eigenvalue weighted by atomic mass is 32.2. The number of hydrogen-bond acceptors (Lipinski definition) is 8. The van der Waals surface area contributed by atoms with Crippen LogP contribution in [-0.4, -0.2) is 117 Å². The third kappa shape index (κ3) is 21.1. The number of allylic oxidation sites excluding steroid dienone is 2. The van der Waals surface area contributed by atoms with Gasteiger partial charge in [0.25, 0.3) is 0 Å². The Morgan fingerprint density at radius 1 is 0.377 bits per heavy atom. The summed E-state index contributed by atoms with van der Waals surface area (Å²) in [7, 11) is 2.15. The molecule has 18 rings (SSSR count). The van der Waals surface area contributed by atoms with Crippen molar-refractivity contribution >= 4 is 95.7 Å². The Bertz CT molecular complexity index is 3680. The van der Waals surface area contributed by atoms with Crippen LogP contribution in [-0.2, 0) is 105 Å². The fourth-order valence-corrected chi connectivity index (χ4v) is 44.1. The first-order valence-electron chi connectivity index (χ1n) is 44.7. The fraction of sp³-hybridized carbons (Fsp3) is 0.653. The molecule has 10 bridgehead atoms. The largest absolute Gasteiger partial charge is 0.463 e.